The van der Waals surface area contributed by atoms with E-state index in [-0.39, 0.29) is 32.7 Å². The third-order valence-corrected chi connectivity index (χ3v) is 0.0913. The molecule has 0 unspecified atom stereocenters. The third kappa shape index (κ3) is 117. The van der Waals surface area contributed by atoms with E-state index in [9.17, 15) is 0 Å². The van der Waals surface area contributed by atoms with Crippen molar-refractivity contribution in [3.8, 4) is 6.07 Å². The van der Waals surface area contributed by atoms with Crippen LogP contribution >= 0.6 is 0 Å². The van der Waals surface area contributed by atoms with Crippen LogP contribution in [0, 0.1) is 11.3 Å². The molecule has 0 aromatic heterocycles. The molecule has 0 aliphatic rings. The fourth-order valence-electron chi connectivity index (χ4n) is 0. The average Bonchev–Trinajstić information content (AvgIpc) is 1.37. The first-order valence-electron chi connectivity index (χ1n) is 0.921. The average molecular weight is 133 g/mol. The monoisotopic (exact) mass is 133 g/mol. The van der Waals surface area contributed by atoms with Crippen LogP contribution in [0.25, 0.3) is 0 Å². The molecule has 0 rings (SSSR count). The minimum absolute atomic E-state index is 0. The van der Waals surface area contributed by atoms with Gasteiger partial charge in [0.25, 0.3) is 0 Å². The second-order valence-electron chi connectivity index (χ2n) is 0.333. The zero-order valence-corrected chi connectivity index (χ0v) is 5.11. The number of hydrogen-bond acceptors (Lipinski definition) is 1. The van der Waals surface area contributed by atoms with E-state index in [0.717, 1.165) is 0 Å². The van der Waals surface area contributed by atoms with Crippen LogP contribution in [-0.2, 0) is 32.7 Å². The summed E-state index contributed by atoms with van der Waals surface area (Å²) in [4.78, 5) is 0. The Kier molecular flexibility index (Phi) is 164. The first-order chi connectivity index (χ1) is 1.91. The van der Waals surface area contributed by atoms with Crippen LogP contribution in [0.3, 0.4) is 0 Å². The fraction of sp³-hybridized carbons (Fsp3) is 0. The van der Waals surface area contributed by atoms with Gasteiger partial charge in [0.1, 0.15) is 0 Å². The van der Waals surface area contributed by atoms with Crippen LogP contribution in [0.15, 0.2) is 12.7 Å². The van der Waals surface area contributed by atoms with Gasteiger partial charge in [0, 0.05) is 6.08 Å². The number of nitriles is 1. The molecular weight excluding hydrogens is 130 g/mol. The van der Waals surface area contributed by atoms with Crippen molar-refractivity contribution < 1.29 is 32.7 Å². The zero-order valence-electron chi connectivity index (χ0n) is 3.55. The van der Waals surface area contributed by atoms with Gasteiger partial charge in [-0.15, -0.1) is 0 Å². The summed E-state index contributed by atoms with van der Waals surface area (Å²) in [5.74, 6) is 0. The Morgan fingerprint density at radius 3 is 1.57 bits per heavy atom. The van der Waals surface area contributed by atoms with E-state index in [0.29, 0.717) is 0 Å². The van der Waals surface area contributed by atoms with E-state index < -0.39 is 0 Å². The molecule has 0 aliphatic carbocycles. The minimum Gasteiger partial charge on any atom is -2.00 e. The Labute approximate surface area is 57.1 Å². The van der Waals surface area contributed by atoms with E-state index in [1.807, 2.05) is 0 Å². The molecule has 4 heteroatoms. The summed E-state index contributed by atoms with van der Waals surface area (Å²) in [6.07, 6.45) is 1.18. The summed E-state index contributed by atoms with van der Waals surface area (Å²) in [6, 6.07) is 1.69. The molecular formula is C3H3NO2Ti. The van der Waals surface area contributed by atoms with Crippen molar-refractivity contribution in [2.24, 2.45) is 0 Å². The fourth-order valence-corrected chi connectivity index (χ4v) is 0. The van der Waals surface area contributed by atoms with Crippen molar-refractivity contribution in [3.63, 3.8) is 0 Å². The number of nitrogens with zero attached hydrogens (tertiary/aromatic N) is 1. The van der Waals surface area contributed by atoms with Gasteiger partial charge in [0.05, 0.1) is 6.07 Å². The Hall–Kier alpha value is -0.136. The van der Waals surface area contributed by atoms with Crippen LogP contribution < -0.4 is 0 Å². The first-order valence-corrected chi connectivity index (χ1v) is 0.921. The maximum absolute atomic E-state index is 7.51. The molecule has 0 fully saturated rings. The van der Waals surface area contributed by atoms with Crippen molar-refractivity contribution >= 4 is 0 Å². The third-order valence-electron chi connectivity index (χ3n) is 0.0913. The van der Waals surface area contributed by atoms with Gasteiger partial charge in [-0.2, -0.15) is 5.26 Å². The molecule has 0 aromatic carbocycles. The number of rotatable bonds is 0. The van der Waals surface area contributed by atoms with Gasteiger partial charge >= 0.3 is 21.7 Å². The normalized spacial score (nSPS) is 2.14. The number of allylic oxidation sites excluding steroid dienone is 1. The molecule has 0 heterocycles. The Bertz CT molecular complexity index is 58.4. The van der Waals surface area contributed by atoms with Crippen LogP contribution in [0.5, 0.6) is 0 Å². The van der Waals surface area contributed by atoms with E-state index in [1.165, 1.54) is 6.08 Å². The Balaban J connectivity index is -0.0000000150. The van der Waals surface area contributed by atoms with E-state index in [2.05, 4.69) is 6.58 Å². The molecule has 0 amide bonds. The van der Waals surface area contributed by atoms with Crippen molar-refractivity contribution in [2.75, 3.05) is 0 Å². The standard InChI is InChI=1S/C3H3N.2O.Ti/c1-2-3-4;;;/h2H,1H2;;;/q;2*-2;+4. The minimum atomic E-state index is 0. The molecule has 3 nitrogen and oxygen atoms in total. The summed E-state index contributed by atoms with van der Waals surface area (Å²) in [7, 11) is 0. The number of hydrogen-bond donors (Lipinski definition) is 0. The van der Waals surface area contributed by atoms with E-state index >= 15 is 0 Å². The molecule has 0 aliphatic heterocycles. The van der Waals surface area contributed by atoms with Gasteiger partial charge in [0.15, 0.2) is 0 Å². The Morgan fingerprint density at radius 2 is 1.57 bits per heavy atom. The van der Waals surface area contributed by atoms with Gasteiger partial charge in [0.2, 0.25) is 0 Å². The van der Waals surface area contributed by atoms with Crippen molar-refractivity contribution in [2.45, 2.75) is 0 Å². The molecule has 0 radical (unpaired) electrons. The summed E-state index contributed by atoms with van der Waals surface area (Å²) < 4.78 is 0. The van der Waals surface area contributed by atoms with Gasteiger partial charge in [-0.1, -0.05) is 6.58 Å². The maximum atomic E-state index is 7.51. The summed E-state index contributed by atoms with van der Waals surface area (Å²) in [5, 5.41) is 7.51. The quantitative estimate of drug-likeness (QED) is 0.349. The smallest absolute Gasteiger partial charge is 2.00 e. The maximum Gasteiger partial charge on any atom is 4.00 e. The predicted octanol–water partition coefficient (Wildman–Crippen LogP) is 0.456. The predicted molar refractivity (Wildman–Crippen MR) is 17.2 cm³/mol. The zero-order chi connectivity index (χ0) is 3.41. The molecule has 0 saturated heterocycles. The largest absolute Gasteiger partial charge is 4.00 e. The van der Waals surface area contributed by atoms with E-state index in [4.69, 9.17) is 5.26 Å². The summed E-state index contributed by atoms with van der Waals surface area (Å²) in [5.41, 5.74) is 0. The van der Waals surface area contributed by atoms with Crippen LogP contribution in [0.1, 0.15) is 0 Å². The summed E-state index contributed by atoms with van der Waals surface area (Å²) in [6.45, 7) is 3.12. The van der Waals surface area contributed by atoms with Crippen LogP contribution in [-0.4, -0.2) is 0 Å². The molecule has 7 heavy (non-hydrogen) atoms. The molecule has 0 bridgehead atoms. The van der Waals surface area contributed by atoms with Crippen molar-refractivity contribution in [3.05, 3.63) is 12.7 Å². The molecule has 0 N–H and O–H groups in total. The van der Waals surface area contributed by atoms with Gasteiger partial charge in [-0.05, 0) is 0 Å². The van der Waals surface area contributed by atoms with Crippen LogP contribution in [0.4, 0.5) is 0 Å². The van der Waals surface area contributed by atoms with E-state index in [1.54, 1.807) is 6.07 Å². The second-order valence-corrected chi connectivity index (χ2v) is 0.333. The molecule has 36 valence electrons. The molecule has 0 spiro atoms. The van der Waals surface area contributed by atoms with Gasteiger partial charge < -0.3 is 11.0 Å². The topological polar surface area (TPSA) is 80.8 Å². The van der Waals surface area contributed by atoms with Gasteiger partial charge in [-0.3, -0.25) is 0 Å². The van der Waals surface area contributed by atoms with Crippen molar-refractivity contribution in [1.82, 2.24) is 0 Å². The summed E-state index contributed by atoms with van der Waals surface area (Å²) >= 11 is 0. The molecule has 0 atom stereocenters. The molecule has 0 saturated carbocycles. The first kappa shape index (κ1) is 28.8. The van der Waals surface area contributed by atoms with Crippen LogP contribution in [0.2, 0.25) is 0 Å². The van der Waals surface area contributed by atoms with Crippen molar-refractivity contribution in [1.29, 1.82) is 5.26 Å². The van der Waals surface area contributed by atoms with Gasteiger partial charge in [-0.25, -0.2) is 0 Å². The second kappa shape index (κ2) is 39.9. The Morgan fingerprint density at radius 1 is 1.43 bits per heavy atom. The molecule has 0 aromatic rings. The SMILES string of the molecule is C=CC#N.[O-2].[O-2].[Ti+4].